The Morgan fingerprint density at radius 1 is 0.769 bits per heavy atom. The molecule has 0 rings (SSSR count). The molecule has 2 N–H and O–H groups in total. The van der Waals surface area contributed by atoms with Gasteiger partial charge in [-0.05, 0) is 6.42 Å². The molecule has 4 nitrogen and oxygen atoms in total. The number of hydrogen-bond donors (Lipinski definition) is 2. The predicted molar refractivity (Wildman–Crippen MR) is 54.5 cm³/mol. The lowest BCUT2D eigenvalue weighted by molar-refractivity contribution is 0.321. The van der Waals surface area contributed by atoms with E-state index in [1.807, 2.05) is 0 Å². The summed E-state index contributed by atoms with van der Waals surface area (Å²) in [6.45, 7) is -0.126. The van der Waals surface area contributed by atoms with E-state index in [4.69, 9.17) is 10.2 Å². The quantitative estimate of drug-likeness (QED) is 0.550. The number of hydrogen-bond acceptors (Lipinski definition) is 4. The fraction of sp³-hybridized carbons (Fsp3) is 1.00. The Morgan fingerprint density at radius 3 is 1.46 bits per heavy atom. The first-order chi connectivity index (χ1) is 6.20. The van der Waals surface area contributed by atoms with E-state index < -0.39 is 21.6 Å². The van der Waals surface area contributed by atoms with Crippen molar-refractivity contribution in [2.24, 2.45) is 0 Å². The molecule has 0 fully saturated rings. The van der Waals surface area contributed by atoms with Crippen LogP contribution in [0.2, 0.25) is 0 Å². The average Bonchev–Trinajstić information content (AvgIpc) is 2.05. The summed E-state index contributed by atoms with van der Waals surface area (Å²) < 4.78 is 22.0. The maximum absolute atomic E-state index is 11.0. The minimum absolute atomic E-state index is 0.0632. The van der Waals surface area contributed by atoms with Crippen LogP contribution in [0.4, 0.5) is 0 Å². The van der Waals surface area contributed by atoms with Gasteiger partial charge in [0, 0.05) is 44.6 Å². The molecule has 0 aromatic rings. The smallest absolute Gasteiger partial charge is 0.0546 e. The number of aliphatic hydroxyl groups is 2. The molecular formula is C7H16O4S2. The van der Waals surface area contributed by atoms with Crippen LogP contribution < -0.4 is 0 Å². The molecule has 0 radical (unpaired) electrons. The summed E-state index contributed by atoms with van der Waals surface area (Å²) in [7, 11) is -1.97. The highest BCUT2D eigenvalue weighted by Crippen LogP contribution is 1.91. The van der Waals surface area contributed by atoms with Crippen molar-refractivity contribution in [2.75, 3.05) is 36.2 Å². The molecule has 0 aromatic heterocycles. The van der Waals surface area contributed by atoms with Crippen molar-refractivity contribution in [2.45, 2.75) is 6.42 Å². The van der Waals surface area contributed by atoms with E-state index in [0.29, 0.717) is 29.4 Å². The van der Waals surface area contributed by atoms with Gasteiger partial charge in [-0.3, -0.25) is 8.42 Å². The van der Waals surface area contributed by atoms with Crippen LogP contribution >= 0.6 is 0 Å². The Labute approximate surface area is 83.3 Å². The molecule has 0 aliphatic carbocycles. The summed E-state index contributed by atoms with van der Waals surface area (Å²) in [6, 6.07) is 0. The summed E-state index contributed by atoms with van der Waals surface area (Å²) in [4.78, 5) is 0. The van der Waals surface area contributed by atoms with Crippen LogP contribution in [0.15, 0.2) is 0 Å². The second-order valence-corrected chi connectivity index (χ2v) is 5.89. The third kappa shape index (κ3) is 8.55. The summed E-state index contributed by atoms with van der Waals surface area (Å²) in [5.74, 6) is 1.56. The molecule has 80 valence electrons. The predicted octanol–water partition coefficient (Wildman–Crippen LogP) is -1.14. The highest BCUT2D eigenvalue weighted by atomic mass is 32.2. The highest BCUT2D eigenvalue weighted by molar-refractivity contribution is 7.85. The third-order valence-electron chi connectivity index (χ3n) is 1.38. The molecule has 0 heterocycles. The first kappa shape index (κ1) is 13.2. The van der Waals surface area contributed by atoms with Gasteiger partial charge < -0.3 is 10.2 Å². The van der Waals surface area contributed by atoms with E-state index in [2.05, 4.69) is 0 Å². The fourth-order valence-electron chi connectivity index (χ4n) is 0.789. The van der Waals surface area contributed by atoms with E-state index in [9.17, 15) is 8.42 Å². The number of rotatable bonds is 8. The topological polar surface area (TPSA) is 74.6 Å². The molecule has 0 saturated carbocycles. The van der Waals surface area contributed by atoms with Gasteiger partial charge in [0.2, 0.25) is 0 Å². The zero-order chi connectivity index (χ0) is 10.1. The van der Waals surface area contributed by atoms with Crippen molar-refractivity contribution in [3.05, 3.63) is 0 Å². The molecular weight excluding hydrogens is 212 g/mol. The van der Waals surface area contributed by atoms with E-state index in [-0.39, 0.29) is 13.2 Å². The minimum atomic E-state index is -0.987. The Morgan fingerprint density at radius 2 is 1.15 bits per heavy atom. The van der Waals surface area contributed by atoms with Gasteiger partial charge in [-0.2, -0.15) is 0 Å². The lowest BCUT2D eigenvalue weighted by atomic mass is 10.6. The standard InChI is InChI=1S/C7H16O4S2/c8-2-6-12(10)4-1-5-13(11)7-3-9/h8-9H,1-7H2/t12-,13+. The van der Waals surface area contributed by atoms with Crippen LogP contribution in [0.3, 0.4) is 0 Å². The maximum Gasteiger partial charge on any atom is 0.0546 e. The van der Waals surface area contributed by atoms with Gasteiger partial charge in [-0.15, -0.1) is 0 Å². The molecule has 0 amide bonds. The summed E-state index contributed by atoms with van der Waals surface area (Å²) in [6.07, 6.45) is 0.624. The molecule has 0 aromatic carbocycles. The van der Waals surface area contributed by atoms with Crippen molar-refractivity contribution < 1.29 is 18.6 Å². The van der Waals surface area contributed by atoms with E-state index in [0.717, 1.165) is 0 Å². The normalized spacial score (nSPS) is 15.5. The first-order valence-electron chi connectivity index (χ1n) is 4.12. The molecule has 0 unspecified atom stereocenters. The Bertz CT molecular complexity index is 154. The van der Waals surface area contributed by atoms with Gasteiger partial charge in [-0.1, -0.05) is 0 Å². The minimum Gasteiger partial charge on any atom is -0.395 e. The molecule has 2 atom stereocenters. The van der Waals surface area contributed by atoms with Gasteiger partial charge in [0.1, 0.15) is 0 Å². The monoisotopic (exact) mass is 228 g/mol. The summed E-state index contributed by atoms with van der Waals surface area (Å²) in [5, 5.41) is 16.9. The Hall–Kier alpha value is 0.220. The van der Waals surface area contributed by atoms with Gasteiger partial charge in [0.15, 0.2) is 0 Å². The van der Waals surface area contributed by atoms with Crippen molar-refractivity contribution in [1.82, 2.24) is 0 Å². The number of aliphatic hydroxyl groups excluding tert-OH is 2. The molecule has 0 bridgehead atoms. The zero-order valence-electron chi connectivity index (χ0n) is 7.48. The molecule has 0 aliphatic heterocycles. The van der Waals surface area contributed by atoms with Gasteiger partial charge >= 0.3 is 0 Å². The van der Waals surface area contributed by atoms with Crippen LogP contribution in [0.25, 0.3) is 0 Å². The van der Waals surface area contributed by atoms with Crippen LogP contribution in [-0.4, -0.2) is 54.9 Å². The summed E-state index contributed by atoms with van der Waals surface area (Å²) >= 11 is 0. The molecule has 6 heteroatoms. The van der Waals surface area contributed by atoms with Gasteiger partial charge in [0.25, 0.3) is 0 Å². The lowest BCUT2D eigenvalue weighted by Crippen LogP contribution is -2.11. The van der Waals surface area contributed by atoms with Crippen LogP contribution in [0, 0.1) is 0 Å². The third-order valence-corrected chi connectivity index (χ3v) is 4.15. The summed E-state index contributed by atoms with van der Waals surface area (Å²) in [5.41, 5.74) is 0. The highest BCUT2D eigenvalue weighted by Gasteiger charge is 2.01. The van der Waals surface area contributed by atoms with Crippen molar-refractivity contribution in [3.8, 4) is 0 Å². The van der Waals surface area contributed by atoms with Gasteiger partial charge in [-0.25, -0.2) is 0 Å². The Balaban J connectivity index is 3.33. The van der Waals surface area contributed by atoms with Crippen molar-refractivity contribution in [3.63, 3.8) is 0 Å². The van der Waals surface area contributed by atoms with Crippen LogP contribution in [-0.2, 0) is 21.6 Å². The second-order valence-electron chi connectivity index (χ2n) is 2.50. The molecule has 0 saturated heterocycles. The molecule has 0 spiro atoms. The van der Waals surface area contributed by atoms with Crippen LogP contribution in [0.1, 0.15) is 6.42 Å². The maximum atomic E-state index is 11.0. The second kappa shape index (κ2) is 8.80. The fourth-order valence-corrected chi connectivity index (χ4v) is 2.72. The van der Waals surface area contributed by atoms with Crippen LogP contribution in [0.5, 0.6) is 0 Å². The van der Waals surface area contributed by atoms with E-state index in [1.165, 1.54) is 0 Å². The van der Waals surface area contributed by atoms with E-state index in [1.54, 1.807) is 0 Å². The van der Waals surface area contributed by atoms with Gasteiger partial charge in [0.05, 0.1) is 13.2 Å². The van der Waals surface area contributed by atoms with Crippen molar-refractivity contribution in [1.29, 1.82) is 0 Å². The average molecular weight is 228 g/mol. The zero-order valence-corrected chi connectivity index (χ0v) is 9.11. The first-order valence-corrected chi connectivity index (χ1v) is 7.10. The largest absolute Gasteiger partial charge is 0.395 e. The molecule has 0 aliphatic rings. The van der Waals surface area contributed by atoms with Crippen molar-refractivity contribution >= 4 is 21.6 Å². The SMILES string of the molecule is O=[S@](CCO)CCC[S@@](=O)CCO. The Kier molecular flexibility index (Phi) is 8.95. The van der Waals surface area contributed by atoms with E-state index >= 15 is 0 Å². The molecule has 13 heavy (non-hydrogen) atoms. The lowest BCUT2D eigenvalue weighted by Gasteiger charge is -2.00.